The molecular formula is C15H20N4S. The second-order valence-electron chi connectivity index (χ2n) is 5.29. The molecule has 4 nitrogen and oxygen atoms in total. The number of aryl methyl sites for hydroxylation is 1. The Morgan fingerprint density at radius 1 is 1.25 bits per heavy atom. The number of nitrogens with two attached hydrogens (primary N) is 1. The number of benzene rings is 1. The Morgan fingerprint density at radius 3 is 2.80 bits per heavy atom. The van der Waals surface area contributed by atoms with E-state index in [0.717, 1.165) is 30.4 Å². The Bertz CT molecular complexity index is 574. The predicted molar refractivity (Wildman–Crippen MR) is 81.6 cm³/mol. The molecule has 1 atom stereocenters. The fourth-order valence-electron chi connectivity index (χ4n) is 2.49. The van der Waals surface area contributed by atoms with Gasteiger partial charge >= 0.3 is 0 Å². The van der Waals surface area contributed by atoms with Gasteiger partial charge in [0.05, 0.1) is 5.75 Å². The highest BCUT2D eigenvalue weighted by molar-refractivity contribution is 7.98. The zero-order chi connectivity index (χ0) is 13.9. The van der Waals surface area contributed by atoms with Crippen molar-refractivity contribution >= 4 is 11.8 Å². The number of rotatable bonds is 4. The van der Waals surface area contributed by atoms with Crippen molar-refractivity contribution in [2.75, 3.05) is 0 Å². The quantitative estimate of drug-likeness (QED) is 0.879. The van der Waals surface area contributed by atoms with E-state index < -0.39 is 0 Å². The first kappa shape index (κ1) is 13.6. The van der Waals surface area contributed by atoms with Crippen LogP contribution in [-0.2, 0) is 18.7 Å². The zero-order valence-corrected chi connectivity index (χ0v) is 12.6. The SMILES string of the molecule is CC(N)c1ccc(SCc2nnc3n2CCCC3)cc1. The van der Waals surface area contributed by atoms with Gasteiger partial charge in [0.2, 0.25) is 0 Å². The average Bonchev–Trinajstić information content (AvgIpc) is 2.89. The second kappa shape index (κ2) is 5.97. The van der Waals surface area contributed by atoms with E-state index in [1.807, 2.05) is 18.7 Å². The van der Waals surface area contributed by atoms with Crippen molar-refractivity contribution in [1.29, 1.82) is 0 Å². The van der Waals surface area contributed by atoms with Crippen molar-refractivity contribution in [3.63, 3.8) is 0 Å². The second-order valence-corrected chi connectivity index (χ2v) is 6.34. The molecule has 0 bridgehead atoms. The Labute approximate surface area is 123 Å². The van der Waals surface area contributed by atoms with Gasteiger partial charge in [-0.3, -0.25) is 0 Å². The molecule has 0 spiro atoms. The van der Waals surface area contributed by atoms with Gasteiger partial charge in [-0.2, -0.15) is 0 Å². The molecule has 2 heterocycles. The standard InChI is InChI=1S/C15H20N4S/c1-11(16)12-5-7-13(8-6-12)20-10-15-18-17-14-4-2-3-9-19(14)15/h5-8,11H,2-4,9-10,16H2,1H3. The summed E-state index contributed by atoms with van der Waals surface area (Å²) in [5.74, 6) is 3.13. The van der Waals surface area contributed by atoms with Crippen molar-refractivity contribution in [3.05, 3.63) is 41.5 Å². The maximum Gasteiger partial charge on any atom is 0.143 e. The molecule has 20 heavy (non-hydrogen) atoms. The summed E-state index contributed by atoms with van der Waals surface area (Å²) in [6, 6.07) is 8.57. The van der Waals surface area contributed by atoms with E-state index in [4.69, 9.17) is 5.73 Å². The molecule has 106 valence electrons. The highest BCUT2D eigenvalue weighted by atomic mass is 32.2. The Morgan fingerprint density at radius 2 is 2.05 bits per heavy atom. The maximum absolute atomic E-state index is 5.86. The lowest BCUT2D eigenvalue weighted by Gasteiger charge is -2.14. The van der Waals surface area contributed by atoms with Gasteiger partial charge in [-0.1, -0.05) is 12.1 Å². The van der Waals surface area contributed by atoms with Crippen LogP contribution in [0.2, 0.25) is 0 Å². The average molecular weight is 288 g/mol. The van der Waals surface area contributed by atoms with Gasteiger partial charge in [-0.05, 0) is 37.5 Å². The fourth-order valence-corrected chi connectivity index (χ4v) is 3.33. The number of hydrogen-bond donors (Lipinski definition) is 1. The zero-order valence-electron chi connectivity index (χ0n) is 11.7. The molecule has 1 aromatic carbocycles. The lowest BCUT2D eigenvalue weighted by atomic mass is 10.1. The molecule has 3 rings (SSSR count). The first-order valence-corrected chi connectivity index (χ1v) is 8.12. The summed E-state index contributed by atoms with van der Waals surface area (Å²) >= 11 is 1.81. The van der Waals surface area contributed by atoms with Gasteiger partial charge < -0.3 is 10.3 Å². The molecule has 2 N–H and O–H groups in total. The molecule has 0 amide bonds. The van der Waals surface area contributed by atoms with Crippen LogP contribution >= 0.6 is 11.8 Å². The fraction of sp³-hybridized carbons (Fsp3) is 0.467. The largest absolute Gasteiger partial charge is 0.324 e. The molecule has 5 heteroatoms. The first-order chi connectivity index (χ1) is 9.74. The van der Waals surface area contributed by atoms with Gasteiger partial charge in [-0.15, -0.1) is 22.0 Å². The number of hydrogen-bond acceptors (Lipinski definition) is 4. The van der Waals surface area contributed by atoms with Crippen molar-refractivity contribution in [2.24, 2.45) is 5.73 Å². The Balaban J connectivity index is 1.66. The minimum atomic E-state index is 0.0950. The van der Waals surface area contributed by atoms with E-state index in [2.05, 4.69) is 39.0 Å². The number of nitrogens with zero attached hydrogens (tertiary/aromatic N) is 3. The minimum absolute atomic E-state index is 0.0950. The van der Waals surface area contributed by atoms with Gasteiger partial charge in [0.25, 0.3) is 0 Å². The predicted octanol–water partition coefficient (Wildman–Crippen LogP) is 2.93. The summed E-state index contributed by atoms with van der Waals surface area (Å²) in [5, 5.41) is 8.62. The Kier molecular flexibility index (Phi) is 4.08. The van der Waals surface area contributed by atoms with Crippen LogP contribution in [0, 0.1) is 0 Å². The van der Waals surface area contributed by atoms with Crippen LogP contribution in [0.25, 0.3) is 0 Å². The van der Waals surface area contributed by atoms with Crippen molar-refractivity contribution < 1.29 is 0 Å². The molecule has 0 radical (unpaired) electrons. The van der Waals surface area contributed by atoms with Gasteiger partial charge in [0, 0.05) is 23.9 Å². The first-order valence-electron chi connectivity index (χ1n) is 7.13. The molecule has 0 fully saturated rings. The summed E-state index contributed by atoms with van der Waals surface area (Å²) in [5.41, 5.74) is 7.04. The van der Waals surface area contributed by atoms with Crippen LogP contribution in [0.5, 0.6) is 0 Å². The summed E-state index contributed by atoms with van der Waals surface area (Å²) < 4.78 is 2.28. The summed E-state index contributed by atoms with van der Waals surface area (Å²) in [6.45, 7) is 3.08. The summed E-state index contributed by atoms with van der Waals surface area (Å²) in [4.78, 5) is 1.25. The summed E-state index contributed by atoms with van der Waals surface area (Å²) in [6.07, 6.45) is 3.55. The van der Waals surface area contributed by atoms with Crippen molar-refractivity contribution in [2.45, 2.75) is 49.4 Å². The van der Waals surface area contributed by atoms with E-state index in [1.165, 1.54) is 23.3 Å². The topological polar surface area (TPSA) is 56.7 Å². The molecule has 1 aliphatic heterocycles. The van der Waals surface area contributed by atoms with Crippen LogP contribution in [0.1, 0.15) is 43.0 Å². The molecule has 1 aliphatic rings. The third-order valence-corrected chi connectivity index (χ3v) is 4.72. The molecule has 1 unspecified atom stereocenters. The van der Waals surface area contributed by atoms with Crippen LogP contribution in [0.3, 0.4) is 0 Å². The van der Waals surface area contributed by atoms with Crippen LogP contribution < -0.4 is 5.73 Å². The normalized spacial score (nSPS) is 15.9. The summed E-state index contributed by atoms with van der Waals surface area (Å²) in [7, 11) is 0. The maximum atomic E-state index is 5.86. The van der Waals surface area contributed by atoms with Gasteiger partial charge in [0.15, 0.2) is 0 Å². The minimum Gasteiger partial charge on any atom is -0.324 e. The third-order valence-electron chi connectivity index (χ3n) is 3.71. The molecule has 0 aliphatic carbocycles. The smallest absolute Gasteiger partial charge is 0.143 e. The van der Waals surface area contributed by atoms with E-state index in [9.17, 15) is 0 Å². The van der Waals surface area contributed by atoms with E-state index in [-0.39, 0.29) is 6.04 Å². The van der Waals surface area contributed by atoms with Gasteiger partial charge in [0.1, 0.15) is 11.6 Å². The highest BCUT2D eigenvalue weighted by Gasteiger charge is 2.15. The molecule has 1 aromatic heterocycles. The number of aromatic nitrogens is 3. The molecular weight excluding hydrogens is 268 g/mol. The van der Waals surface area contributed by atoms with Crippen LogP contribution in [0.4, 0.5) is 0 Å². The lowest BCUT2D eigenvalue weighted by molar-refractivity contribution is 0.513. The Hall–Kier alpha value is -1.33. The number of fused-ring (bicyclic) bond motifs is 1. The van der Waals surface area contributed by atoms with E-state index in [1.54, 1.807) is 0 Å². The molecule has 0 saturated heterocycles. The molecule has 2 aromatic rings. The van der Waals surface area contributed by atoms with Crippen molar-refractivity contribution in [3.8, 4) is 0 Å². The van der Waals surface area contributed by atoms with Crippen LogP contribution in [-0.4, -0.2) is 14.8 Å². The van der Waals surface area contributed by atoms with Gasteiger partial charge in [-0.25, -0.2) is 0 Å². The highest BCUT2D eigenvalue weighted by Crippen LogP contribution is 2.25. The van der Waals surface area contributed by atoms with Crippen LogP contribution in [0.15, 0.2) is 29.2 Å². The lowest BCUT2D eigenvalue weighted by Crippen LogP contribution is -2.12. The van der Waals surface area contributed by atoms with E-state index in [0.29, 0.717) is 0 Å². The van der Waals surface area contributed by atoms with Crippen molar-refractivity contribution in [1.82, 2.24) is 14.8 Å². The van der Waals surface area contributed by atoms with E-state index >= 15 is 0 Å². The molecule has 0 saturated carbocycles. The number of thioether (sulfide) groups is 1. The monoisotopic (exact) mass is 288 g/mol. The third kappa shape index (κ3) is 2.88.